The predicted molar refractivity (Wildman–Crippen MR) is 107 cm³/mol. The van der Waals surface area contributed by atoms with Crippen LogP contribution in [-0.2, 0) is 17.6 Å². The van der Waals surface area contributed by atoms with Gasteiger partial charge in [0.25, 0.3) is 0 Å². The van der Waals surface area contributed by atoms with Gasteiger partial charge in [-0.25, -0.2) is 0 Å². The highest BCUT2D eigenvalue weighted by Crippen LogP contribution is 2.38. The molecule has 27 heavy (non-hydrogen) atoms. The van der Waals surface area contributed by atoms with Crippen molar-refractivity contribution in [2.45, 2.75) is 33.1 Å². The summed E-state index contributed by atoms with van der Waals surface area (Å²) in [5.74, 6) is 0.782. The number of hydrogen-bond donors (Lipinski definition) is 1. The maximum absolute atomic E-state index is 12.6. The first-order valence-corrected chi connectivity index (χ1v) is 9.29. The number of amides is 1. The van der Waals surface area contributed by atoms with Crippen LogP contribution in [0.2, 0.25) is 0 Å². The molecule has 0 saturated heterocycles. The minimum atomic E-state index is -0.00469. The number of hydrogen-bond acceptors (Lipinski definition) is 4. The molecule has 5 heteroatoms. The van der Waals surface area contributed by atoms with Crippen LogP contribution in [0.1, 0.15) is 29.0 Å². The first-order chi connectivity index (χ1) is 13.1. The molecule has 1 aliphatic heterocycles. The number of fused-ring (bicyclic) bond motifs is 1. The topological polar surface area (TPSA) is 58.4 Å². The van der Waals surface area contributed by atoms with E-state index in [9.17, 15) is 4.79 Å². The van der Waals surface area contributed by atoms with Crippen molar-refractivity contribution < 1.29 is 9.32 Å². The van der Waals surface area contributed by atoms with Gasteiger partial charge in [-0.2, -0.15) is 0 Å². The highest BCUT2D eigenvalue weighted by atomic mass is 16.5. The third-order valence-electron chi connectivity index (χ3n) is 5.14. The summed E-state index contributed by atoms with van der Waals surface area (Å²) in [6.07, 6.45) is 2.04. The van der Waals surface area contributed by atoms with Gasteiger partial charge in [0.1, 0.15) is 5.76 Å². The lowest BCUT2D eigenvalue weighted by Gasteiger charge is -2.23. The summed E-state index contributed by atoms with van der Waals surface area (Å²) in [6, 6.07) is 16.4. The van der Waals surface area contributed by atoms with Crippen LogP contribution in [0.25, 0.3) is 0 Å². The van der Waals surface area contributed by atoms with Crippen LogP contribution in [0, 0.1) is 13.8 Å². The molecule has 0 unspecified atom stereocenters. The third kappa shape index (κ3) is 3.45. The van der Waals surface area contributed by atoms with E-state index in [2.05, 4.69) is 45.7 Å². The maximum atomic E-state index is 12.6. The van der Waals surface area contributed by atoms with Crippen LogP contribution in [0.4, 0.5) is 17.1 Å². The van der Waals surface area contributed by atoms with E-state index in [4.69, 9.17) is 4.52 Å². The Kier molecular flexibility index (Phi) is 4.67. The summed E-state index contributed by atoms with van der Waals surface area (Å²) in [4.78, 5) is 14.8. The Morgan fingerprint density at radius 3 is 2.63 bits per heavy atom. The lowest BCUT2D eigenvalue weighted by Crippen LogP contribution is -2.18. The number of aryl methyl sites for hydroxylation is 2. The smallest absolute Gasteiger partial charge is 0.224 e. The molecule has 1 aromatic heterocycles. The van der Waals surface area contributed by atoms with Crippen LogP contribution in [0.15, 0.2) is 53.1 Å². The van der Waals surface area contributed by atoms with Crippen LogP contribution < -0.4 is 10.2 Å². The maximum Gasteiger partial charge on any atom is 0.224 e. The van der Waals surface area contributed by atoms with Gasteiger partial charge in [0.15, 0.2) is 0 Å². The molecule has 1 amide bonds. The van der Waals surface area contributed by atoms with Crippen LogP contribution in [0.5, 0.6) is 0 Å². The van der Waals surface area contributed by atoms with Crippen molar-refractivity contribution in [1.82, 2.24) is 5.16 Å². The van der Waals surface area contributed by atoms with Gasteiger partial charge in [-0.1, -0.05) is 35.5 Å². The first-order valence-electron chi connectivity index (χ1n) is 9.29. The standard InChI is InChI=1S/C22H23N3O2/c1-15-18(16(2)27-24-15)11-12-22(26)23-19-8-4-6-10-21(19)25-14-13-17-7-3-5-9-20(17)25/h3-10H,11-14H2,1-2H3,(H,23,26). The lowest BCUT2D eigenvalue weighted by atomic mass is 10.1. The molecular weight excluding hydrogens is 338 g/mol. The molecule has 2 heterocycles. The molecule has 5 nitrogen and oxygen atoms in total. The molecule has 4 rings (SSSR count). The fourth-order valence-corrected chi connectivity index (χ4v) is 3.71. The van der Waals surface area contributed by atoms with Gasteiger partial charge in [0, 0.05) is 24.2 Å². The van der Waals surface area contributed by atoms with Crippen molar-refractivity contribution in [2.75, 3.05) is 16.8 Å². The van der Waals surface area contributed by atoms with E-state index in [0.717, 1.165) is 41.4 Å². The highest BCUT2D eigenvalue weighted by molar-refractivity contribution is 5.95. The number of para-hydroxylation sites is 3. The van der Waals surface area contributed by atoms with Crippen molar-refractivity contribution >= 4 is 23.0 Å². The van der Waals surface area contributed by atoms with Gasteiger partial charge in [-0.05, 0) is 50.5 Å². The molecule has 2 aromatic carbocycles. The molecule has 0 bridgehead atoms. The average molecular weight is 361 g/mol. The van der Waals surface area contributed by atoms with Crippen LogP contribution in [0.3, 0.4) is 0 Å². The van der Waals surface area contributed by atoms with E-state index in [1.165, 1.54) is 11.3 Å². The van der Waals surface area contributed by atoms with E-state index >= 15 is 0 Å². The van der Waals surface area contributed by atoms with E-state index in [1.54, 1.807) is 0 Å². The van der Waals surface area contributed by atoms with Crippen LogP contribution in [-0.4, -0.2) is 17.6 Å². The molecule has 0 atom stereocenters. The zero-order chi connectivity index (χ0) is 18.8. The van der Waals surface area contributed by atoms with Crippen molar-refractivity contribution in [3.8, 4) is 0 Å². The Balaban J connectivity index is 1.50. The van der Waals surface area contributed by atoms with E-state index in [-0.39, 0.29) is 5.91 Å². The normalized spacial score (nSPS) is 12.9. The second-order valence-corrected chi connectivity index (χ2v) is 6.90. The van der Waals surface area contributed by atoms with Crippen molar-refractivity contribution in [3.05, 3.63) is 71.1 Å². The Hall–Kier alpha value is -3.08. The quantitative estimate of drug-likeness (QED) is 0.724. The number of carbonyl (C=O) groups excluding carboxylic acids is 1. The Morgan fingerprint density at radius 2 is 1.85 bits per heavy atom. The molecule has 138 valence electrons. The molecule has 0 radical (unpaired) electrons. The molecule has 3 aromatic rings. The molecule has 0 fully saturated rings. The second kappa shape index (κ2) is 7.27. The highest BCUT2D eigenvalue weighted by Gasteiger charge is 2.22. The summed E-state index contributed by atoms with van der Waals surface area (Å²) >= 11 is 0. The summed E-state index contributed by atoms with van der Waals surface area (Å²) in [6.45, 7) is 4.71. The summed E-state index contributed by atoms with van der Waals surface area (Å²) in [5.41, 5.74) is 6.32. The summed E-state index contributed by atoms with van der Waals surface area (Å²) < 4.78 is 5.18. The van der Waals surface area contributed by atoms with Gasteiger partial charge < -0.3 is 14.7 Å². The fourth-order valence-electron chi connectivity index (χ4n) is 3.71. The van der Waals surface area contributed by atoms with Gasteiger partial charge in [0.05, 0.1) is 17.1 Å². The van der Waals surface area contributed by atoms with E-state index < -0.39 is 0 Å². The number of nitrogens with zero attached hydrogens (tertiary/aromatic N) is 2. The van der Waals surface area contributed by atoms with E-state index in [1.807, 2.05) is 32.0 Å². The number of carbonyl (C=O) groups is 1. The zero-order valence-electron chi connectivity index (χ0n) is 15.7. The minimum absolute atomic E-state index is 0.00469. The summed E-state index contributed by atoms with van der Waals surface area (Å²) in [7, 11) is 0. The SMILES string of the molecule is Cc1noc(C)c1CCC(=O)Nc1ccccc1N1CCc2ccccc21. The van der Waals surface area contributed by atoms with Gasteiger partial charge in [-0.15, -0.1) is 0 Å². The Labute approximate surface area is 159 Å². The van der Waals surface area contributed by atoms with Crippen molar-refractivity contribution in [3.63, 3.8) is 0 Å². The zero-order valence-corrected chi connectivity index (χ0v) is 15.7. The molecule has 0 spiro atoms. The predicted octanol–water partition coefficient (Wildman–Crippen LogP) is 4.56. The number of nitrogens with one attached hydrogen (secondary N) is 1. The van der Waals surface area contributed by atoms with E-state index in [0.29, 0.717) is 12.8 Å². The first kappa shape index (κ1) is 17.3. The largest absolute Gasteiger partial charge is 0.361 e. The number of aromatic nitrogens is 1. The molecule has 0 aliphatic carbocycles. The monoisotopic (exact) mass is 361 g/mol. The number of anilines is 3. The third-order valence-corrected chi connectivity index (χ3v) is 5.14. The van der Waals surface area contributed by atoms with Gasteiger partial charge in [0.2, 0.25) is 5.91 Å². The molecule has 1 aliphatic rings. The summed E-state index contributed by atoms with van der Waals surface area (Å²) in [5, 5.41) is 7.04. The molecular formula is C22H23N3O2. The van der Waals surface area contributed by atoms with Crippen molar-refractivity contribution in [1.29, 1.82) is 0 Å². The minimum Gasteiger partial charge on any atom is -0.361 e. The van der Waals surface area contributed by atoms with Gasteiger partial charge in [-0.3, -0.25) is 4.79 Å². The number of benzene rings is 2. The van der Waals surface area contributed by atoms with Crippen LogP contribution >= 0.6 is 0 Å². The van der Waals surface area contributed by atoms with Crippen molar-refractivity contribution in [2.24, 2.45) is 0 Å². The lowest BCUT2D eigenvalue weighted by molar-refractivity contribution is -0.116. The average Bonchev–Trinajstić information content (AvgIpc) is 3.24. The Bertz CT molecular complexity index is 958. The fraction of sp³-hybridized carbons (Fsp3) is 0.273. The molecule has 0 saturated carbocycles. The van der Waals surface area contributed by atoms with Gasteiger partial charge >= 0.3 is 0 Å². The second-order valence-electron chi connectivity index (χ2n) is 6.90. The molecule has 1 N–H and O–H groups in total. The number of rotatable bonds is 5. The Morgan fingerprint density at radius 1 is 1.11 bits per heavy atom.